The van der Waals surface area contributed by atoms with Crippen LogP contribution in [0.2, 0.25) is 0 Å². The van der Waals surface area contributed by atoms with Gasteiger partial charge in [-0.2, -0.15) is 0 Å². The number of hydrogen-bond donors (Lipinski definition) is 0. The van der Waals surface area contributed by atoms with Crippen molar-refractivity contribution in [3.63, 3.8) is 0 Å². The maximum Gasteiger partial charge on any atom is 0.144 e. The molecule has 0 N–H and O–H groups in total. The first-order valence-corrected chi connectivity index (χ1v) is 2.36. The Morgan fingerprint density at radius 3 is 3.11 bits per heavy atom. The van der Waals surface area contributed by atoms with Gasteiger partial charge in [-0.3, -0.25) is 0 Å². The maximum atomic E-state index is 7.94. The van der Waals surface area contributed by atoms with Crippen molar-refractivity contribution in [1.82, 2.24) is 9.55 Å². The molecule has 0 radical (unpaired) electrons. The Morgan fingerprint density at radius 1 is 1.89 bits per heavy atom. The third-order valence-electron chi connectivity index (χ3n) is 0.838. The van der Waals surface area contributed by atoms with Gasteiger partial charge in [0.25, 0.3) is 0 Å². The Labute approximate surface area is 51.6 Å². The van der Waals surface area contributed by atoms with Crippen LogP contribution in [-0.4, -0.2) is 9.55 Å². The Bertz CT molecular complexity index is 243. The second-order valence-electron chi connectivity index (χ2n) is 1.59. The van der Waals surface area contributed by atoms with E-state index in [1.54, 1.807) is 17.1 Å². The molecule has 9 heavy (non-hydrogen) atoms. The summed E-state index contributed by atoms with van der Waals surface area (Å²) in [7, 11) is 1.81. The summed E-state index contributed by atoms with van der Waals surface area (Å²) < 4.78 is 1.71. The van der Waals surface area contributed by atoms with Crippen LogP contribution >= 0.6 is 0 Å². The van der Waals surface area contributed by atoms with Crippen LogP contribution < -0.4 is 0 Å². The van der Waals surface area contributed by atoms with Crippen LogP contribution in [0.3, 0.4) is 0 Å². The minimum absolute atomic E-state index is 0.403. The Hall–Kier alpha value is -1.48. The summed E-state index contributed by atoms with van der Waals surface area (Å²) >= 11 is 0. The SMILES string of the molecule is Cn1cnc(N=[N+]=[N-])c1. The number of azide groups is 1. The molecule has 0 bridgehead atoms. The average molecular weight is 123 g/mol. The molecule has 5 nitrogen and oxygen atoms in total. The second-order valence-corrected chi connectivity index (χ2v) is 1.59. The molecule has 0 aliphatic carbocycles. The number of imidazole rings is 1. The Balaban J connectivity index is 2.97. The maximum absolute atomic E-state index is 7.94. The summed E-state index contributed by atoms with van der Waals surface area (Å²) in [4.78, 5) is 6.32. The largest absolute Gasteiger partial charge is 0.340 e. The minimum Gasteiger partial charge on any atom is -0.340 e. The third kappa shape index (κ3) is 1.20. The standard InChI is InChI=1S/C4H5N5/c1-9-2-4(6-3-9)7-8-5/h2-3H,1H3. The quantitative estimate of drug-likeness (QED) is 0.316. The van der Waals surface area contributed by atoms with E-state index in [-0.39, 0.29) is 0 Å². The fraction of sp³-hybridized carbons (Fsp3) is 0.250. The molecule has 0 spiro atoms. The van der Waals surface area contributed by atoms with Crippen LogP contribution in [0.5, 0.6) is 0 Å². The van der Waals surface area contributed by atoms with Gasteiger partial charge in [0, 0.05) is 18.2 Å². The molecule has 0 aromatic carbocycles. The Morgan fingerprint density at radius 2 is 2.67 bits per heavy atom. The normalized spacial score (nSPS) is 8.56. The lowest BCUT2D eigenvalue weighted by Gasteiger charge is -1.78. The second kappa shape index (κ2) is 2.19. The van der Waals surface area contributed by atoms with Crippen LogP contribution in [0.25, 0.3) is 10.4 Å². The highest BCUT2D eigenvalue weighted by molar-refractivity contribution is 5.21. The number of rotatable bonds is 1. The molecule has 0 saturated heterocycles. The predicted molar refractivity (Wildman–Crippen MR) is 32.0 cm³/mol. The van der Waals surface area contributed by atoms with Crippen molar-refractivity contribution in [3.05, 3.63) is 23.0 Å². The number of aromatic nitrogens is 2. The van der Waals surface area contributed by atoms with E-state index in [1.807, 2.05) is 7.05 Å². The van der Waals surface area contributed by atoms with E-state index in [0.717, 1.165) is 0 Å². The van der Waals surface area contributed by atoms with Gasteiger partial charge in [0.05, 0.1) is 6.33 Å². The van der Waals surface area contributed by atoms with Gasteiger partial charge in [0.1, 0.15) is 5.82 Å². The summed E-state index contributed by atoms with van der Waals surface area (Å²) in [6.07, 6.45) is 3.21. The van der Waals surface area contributed by atoms with Crippen LogP contribution in [0.4, 0.5) is 5.82 Å². The molecule has 0 saturated carbocycles. The molecule has 1 aromatic heterocycles. The van der Waals surface area contributed by atoms with Gasteiger partial charge in [-0.1, -0.05) is 0 Å². The lowest BCUT2D eigenvalue weighted by atomic mass is 10.8. The van der Waals surface area contributed by atoms with E-state index >= 15 is 0 Å². The molecule has 0 unspecified atom stereocenters. The summed E-state index contributed by atoms with van der Waals surface area (Å²) in [5.41, 5.74) is 7.94. The summed E-state index contributed by atoms with van der Waals surface area (Å²) in [5, 5.41) is 3.28. The lowest BCUT2D eigenvalue weighted by molar-refractivity contribution is 0.913. The van der Waals surface area contributed by atoms with Gasteiger partial charge >= 0.3 is 0 Å². The molecular formula is C4H5N5. The van der Waals surface area contributed by atoms with E-state index in [0.29, 0.717) is 5.82 Å². The first-order valence-electron chi connectivity index (χ1n) is 2.36. The molecule has 0 atom stereocenters. The van der Waals surface area contributed by atoms with Crippen molar-refractivity contribution in [1.29, 1.82) is 0 Å². The van der Waals surface area contributed by atoms with Crippen molar-refractivity contribution in [3.8, 4) is 0 Å². The first kappa shape index (κ1) is 5.65. The molecule has 46 valence electrons. The van der Waals surface area contributed by atoms with Gasteiger partial charge in [-0.25, -0.2) is 4.98 Å². The highest BCUT2D eigenvalue weighted by atomic mass is 15.2. The van der Waals surface area contributed by atoms with Crippen LogP contribution in [0.1, 0.15) is 0 Å². The molecule has 1 heterocycles. The number of nitrogens with zero attached hydrogens (tertiary/aromatic N) is 5. The first-order chi connectivity index (χ1) is 4.33. The monoisotopic (exact) mass is 123 g/mol. The molecule has 0 aliphatic rings. The van der Waals surface area contributed by atoms with Crippen molar-refractivity contribution in [2.45, 2.75) is 0 Å². The zero-order chi connectivity index (χ0) is 6.69. The van der Waals surface area contributed by atoms with Crippen molar-refractivity contribution in [2.75, 3.05) is 0 Å². The molecule has 0 aliphatic heterocycles. The fourth-order valence-electron chi connectivity index (χ4n) is 0.496. The smallest absolute Gasteiger partial charge is 0.144 e. The van der Waals surface area contributed by atoms with Crippen molar-refractivity contribution < 1.29 is 0 Å². The number of hydrogen-bond acceptors (Lipinski definition) is 2. The molecule has 0 fully saturated rings. The third-order valence-corrected chi connectivity index (χ3v) is 0.838. The van der Waals surface area contributed by atoms with Crippen molar-refractivity contribution >= 4 is 5.82 Å². The molecule has 5 heteroatoms. The molecular weight excluding hydrogens is 118 g/mol. The van der Waals surface area contributed by atoms with Gasteiger partial charge < -0.3 is 4.57 Å². The van der Waals surface area contributed by atoms with Gasteiger partial charge in [-0.05, 0) is 10.6 Å². The molecule has 0 amide bonds. The van der Waals surface area contributed by atoms with E-state index < -0.39 is 0 Å². The van der Waals surface area contributed by atoms with Crippen LogP contribution in [0.15, 0.2) is 17.6 Å². The van der Waals surface area contributed by atoms with Gasteiger partial charge in [0.2, 0.25) is 0 Å². The summed E-state index contributed by atoms with van der Waals surface area (Å²) in [6, 6.07) is 0. The molecule has 1 aromatic rings. The summed E-state index contributed by atoms with van der Waals surface area (Å²) in [5.74, 6) is 0.403. The average Bonchev–Trinajstić information content (AvgIpc) is 2.17. The number of aryl methyl sites for hydroxylation is 1. The van der Waals surface area contributed by atoms with Gasteiger partial charge in [0.15, 0.2) is 0 Å². The summed E-state index contributed by atoms with van der Waals surface area (Å²) in [6.45, 7) is 0. The van der Waals surface area contributed by atoms with Crippen LogP contribution in [0, 0.1) is 0 Å². The topological polar surface area (TPSA) is 66.6 Å². The fourth-order valence-corrected chi connectivity index (χ4v) is 0.496. The predicted octanol–water partition coefficient (Wildman–Crippen LogP) is 1.36. The highest BCUT2D eigenvalue weighted by Gasteiger charge is 1.87. The highest BCUT2D eigenvalue weighted by Crippen LogP contribution is 2.04. The van der Waals surface area contributed by atoms with E-state index in [4.69, 9.17) is 5.53 Å². The van der Waals surface area contributed by atoms with E-state index in [1.165, 1.54) is 0 Å². The minimum atomic E-state index is 0.403. The van der Waals surface area contributed by atoms with E-state index in [9.17, 15) is 0 Å². The van der Waals surface area contributed by atoms with Crippen LogP contribution in [-0.2, 0) is 7.05 Å². The molecule has 1 rings (SSSR count). The Kier molecular flexibility index (Phi) is 1.38. The van der Waals surface area contributed by atoms with Gasteiger partial charge in [-0.15, -0.1) is 0 Å². The van der Waals surface area contributed by atoms with Crippen molar-refractivity contribution in [2.24, 2.45) is 12.2 Å². The zero-order valence-corrected chi connectivity index (χ0v) is 4.89. The zero-order valence-electron chi connectivity index (χ0n) is 4.89. The lowest BCUT2D eigenvalue weighted by Crippen LogP contribution is -1.76. The van der Waals surface area contributed by atoms with E-state index in [2.05, 4.69) is 15.0 Å².